The van der Waals surface area contributed by atoms with E-state index in [0.717, 1.165) is 71.9 Å². The first kappa shape index (κ1) is 24.0. The van der Waals surface area contributed by atoms with Crippen LogP contribution in [0.25, 0.3) is 0 Å². The molecule has 182 valence electrons. The Hall–Kier alpha value is -2.71. The highest BCUT2D eigenvalue weighted by molar-refractivity contribution is 14.1. The molecule has 9 heteroatoms. The van der Waals surface area contributed by atoms with Crippen molar-refractivity contribution in [1.82, 2.24) is 25.1 Å². The van der Waals surface area contributed by atoms with Gasteiger partial charge in [0.1, 0.15) is 0 Å². The Kier molecular flexibility index (Phi) is 6.68. The van der Waals surface area contributed by atoms with Crippen LogP contribution in [0, 0.1) is 41.1 Å². The van der Waals surface area contributed by atoms with Crippen LogP contribution < -0.4 is 10.6 Å². The van der Waals surface area contributed by atoms with E-state index < -0.39 is 0 Å². The van der Waals surface area contributed by atoms with E-state index in [0.29, 0.717) is 11.9 Å². The predicted octanol–water partition coefficient (Wildman–Crippen LogP) is 5.70. The lowest BCUT2D eigenvalue weighted by molar-refractivity contribution is 0.190. The van der Waals surface area contributed by atoms with Crippen LogP contribution in [0.2, 0.25) is 0 Å². The van der Waals surface area contributed by atoms with Gasteiger partial charge in [-0.1, -0.05) is 6.07 Å². The van der Waals surface area contributed by atoms with Crippen molar-refractivity contribution in [2.24, 2.45) is 5.41 Å². The first-order valence-electron chi connectivity index (χ1n) is 12.2. The minimum absolute atomic E-state index is 0.0449. The van der Waals surface area contributed by atoms with E-state index >= 15 is 0 Å². The van der Waals surface area contributed by atoms with Gasteiger partial charge in [0.25, 0.3) is 0 Å². The Morgan fingerprint density at radius 3 is 2.57 bits per heavy atom. The molecule has 1 saturated heterocycles. The van der Waals surface area contributed by atoms with E-state index in [1.807, 2.05) is 13.0 Å². The van der Waals surface area contributed by atoms with E-state index in [2.05, 4.69) is 90.3 Å². The number of benzene rings is 1. The fourth-order valence-electron chi connectivity index (χ4n) is 4.94. The van der Waals surface area contributed by atoms with Crippen LogP contribution in [0.3, 0.4) is 0 Å². The zero-order chi connectivity index (χ0) is 24.6. The van der Waals surface area contributed by atoms with E-state index in [9.17, 15) is 5.26 Å². The molecule has 1 aromatic carbocycles. The average molecular weight is 582 g/mol. The molecule has 2 aromatic heterocycles. The Bertz CT molecular complexity index is 1260. The normalized spacial score (nSPS) is 17.7. The molecule has 3 aromatic rings. The molecule has 0 unspecified atom stereocenters. The van der Waals surface area contributed by atoms with Crippen molar-refractivity contribution in [1.29, 1.82) is 5.26 Å². The SMILES string of the molecule is Cc1cc(Nc2nc(Nc3cc(C)c(C4CCN(CC5(C#N)CC5)CC4)cc3C)ncc2I)n[nH]1. The first-order valence-corrected chi connectivity index (χ1v) is 13.3. The fraction of sp³-hybridized carbons (Fsp3) is 0.462. The van der Waals surface area contributed by atoms with Crippen LogP contribution in [0.1, 0.15) is 54.0 Å². The van der Waals surface area contributed by atoms with Crippen molar-refractivity contribution >= 4 is 45.9 Å². The number of H-pyrrole nitrogens is 1. The number of rotatable bonds is 7. The molecule has 0 atom stereocenters. The van der Waals surface area contributed by atoms with Gasteiger partial charge in [0.05, 0.1) is 15.1 Å². The van der Waals surface area contributed by atoms with E-state index in [1.54, 1.807) is 6.20 Å². The molecule has 0 bridgehead atoms. The molecule has 2 fully saturated rings. The van der Waals surface area contributed by atoms with Crippen molar-refractivity contribution in [3.8, 4) is 6.07 Å². The molecule has 1 aliphatic heterocycles. The molecule has 0 amide bonds. The first-order chi connectivity index (χ1) is 16.8. The third-order valence-electron chi connectivity index (χ3n) is 7.20. The topological polar surface area (TPSA) is 106 Å². The molecule has 5 rings (SSSR count). The minimum Gasteiger partial charge on any atom is -0.324 e. The molecule has 0 radical (unpaired) electrons. The number of hydrogen-bond donors (Lipinski definition) is 3. The number of aromatic amines is 1. The standard InChI is InChI=1S/C26H31IN8/c1-16-11-22(30-25-29-13-21(27)24(32-25)31-23-12-18(3)33-34-23)17(2)10-20(16)19-4-8-35(9-5-19)15-26(14-28)6-7-26/h10-13,19H,4-9,15H2,1-3H3,(H3,29,30,31,32,33,34). The molecule has 35 heavy (non-hydrogen) atoms. The number of aromatic nitrogens is 4. The maximum atomic E-state index is 9.41. The summed E-state index contributed by atoms with van der Waals surface area (Å²) in [5, 5.41) is 23.3. The monoisotopic (exact) mass is 582 g/mol. The van der Waals surface area contributed by atoms with E-state index in [4.69, 9.17) is 0 Å². The molecule has 1 saturated carbocycles. The van der Waals surface area contributed by atoms with Crippen molar-refractivity contribution in [3.63, 3.8) is 0 Å². The van der Waals surface area contributed by atoms with Gasteiger partial charge in [-0.15, -0.1) is 0 Å². The van der Waals surface area contributed by atoms with Crippen LogP contribution >= 0.6 is 22.6 Å². The van der Waals surface area contributed by atoms with Gasteiger partial charge in [-0.3, -0.25) is 5.10 Å². The number of nitrogens with zero attached hydrogens (tertiary/aromatic N) is 5. The Labute approximate surface area is 220 Å². The Morgan fingerprint density at radius 2 is 1.91 bits per heavy atom. The van der Waals surface area contributed by atoms with Gasteiger partial charge in [-0.25, -0.2) is 4.98 Å². The average Bonchev–Trinajstić information content (AvgIpc) is 3.50. The molecule has 2 aliphatic rings. The maximum absolute atomic E-state index is 9.41. The van der Waals surface area contributed by atoms with Crippen LogP contribution in [0.5, 0.6) is 0 Å². The second-order valence-corrected chi connectivity index (χ2v) is 11.2. The molecule has 8 nitrogen and oxygen atoms in total. The molecule has 1 aliphatic carbocycles. The molecular weight excluding hydrogens is 551 g/mol. The number of hydrogen-bond acceptors (Lipinski definition) is 7. The number of anilines is 4. The highest BCUT2D eigenvalue weighted by atomic mass is 127. The zero-order valence-corrected chi connectivity index (χ0v) is 22.6. The lowest BCUT2D eigenvalue weighted by Crippen LogP contribution is -2.37. The van der Waals surface area contributed by atoms with Crippen LogP contribution in [-0.4, -0.2) is 44.7 Å². The van der Waals surface area contributed by atoms with Crippen molar-refractivity contribution in [2.75, 3.05) is 30.3 Å². The van der Waals surface area contributed by atoms with Gasteiger partial charge in [-0.05, 0) is 111 Å². The van der Waals surface area contributed by atoms with Gasteiger partial charge in [0.15, 0.2) is 11.6 Å². The zero-order valence-electron chi connectivity index (χ0n) is 20.5. The summed E-state index contributed by atoms with van der Waals surface area (Å²) in [4.78, 5) is 11.7. The van der Waals surface area contributed by atoms with Crippen molar-refractivity contribution in [3.05, 3.63) is 50.4 Å². The van der Waals surface area contributed by atoms with Crippen LogP contribution in [0.4, 0.5) is 23.3 Å². The van der Waals surface area contributed by atoms with Gasteiger partial charge >= 0.3 is 0 Å². The van der Waals surface area contributed by atoms with Crippen LogP contribution in [0.15, 0.2) is 24.4 Å². The van der Waals surface area contributed by atoms with Gasteiger partial charge < -0.3 is 15.5 Å². The number of halogens is 1. The summed E-state index contributed by atoms with van der Waals surface area (Å²) >= 11 is 2.22. The number of aryl methyl sites for hydroxylation is 3. The molecule has 3 heterocycles. The second kappa shape index (κ2) is 9.74. The van der Waals surface area contributed by atoms with Gasteiger partial charge in [0, 0.05) is 30.2 Å². The summed E-state index contributed by atoms with van der Waals surface area (Å²) in [5.74, 6) is 2.57. The van der Waals surface area contributed by atoms with Crippen molar-refractivity contribution < 1.29 is 0 Å². The third-order valence-corrected chi connectivity index (χ3v) is 7.99. The predicted molar refractivity (Wildman–Crippen MR) is 146 cm³/mol. The van der Waals surface area contributed by atoms with Crippen molar-refractivity contribution in [2.45, 2.75) is 52.4 Å². The van der Waals surface area contributed by atoms with Crippen LogP contribution in [-0.2, 0) is 0 Å². The lowest BCUT2D eigenvalue weighted by atomic mass is 9.85. The second-order valence-electron chi connectivity index (χ2n) is 10.0. The maximum Gasteiger partial charge on any atom is 0.229 e. The number of likely N-dealkylation sites (tertiary alicyclic amines) is 1. The quantitative estimate of drug-likeness (QED) is 0.307. The van der Waals surface area contributed by atoms with Gasteiger partial charge in [0.2, 0.25) is 5.95 Å². The summed E-state index contributed by atoms with van der Waals surface area (Å²) < 4.78 is 0.922. The van der Waals surface area contributed by atoms with Gasteiger partial charge in [-0.2, -0.15) is 15.3 Å². The highest BCUT2D eigenvalue weighted by Crippen LogP contribution is 2.46. The Balaban J connectivity index is 1.26. The molecule has 0 spiro atoms. The lowest BCUT2D eigenvalue weighted by Gasteiger charge is -2.34. The fourth-order valence-corrected chi connectivity index (χ4v) is 5.33. The largest absolute Gasteiger partial charge is 0.324 e. The third kappa shape index (κ3) is 5.43. The smallest absolute Gasteiger partial charge is 0.229 e. The summed E-state index contributed by atoms with van der Waals surface area (Å²) in [6, 6.07) is 9.02. The van der Waals surface area contributed by atoms with E-state index in [1.165, 1.54) is 16.7 Å². The highest BCUT2D eigenvalue weighted by Gasteiger charge is 2.44. The number of piperidine rings is 1. The summed E-state index contributed by atoms with van der Waals surface area (Å²) in [6.45, 7) is 9.41. The summed E-state index contributed by atoms with van der Waals surface area (Å²) in [5.41, 5.74) is 5.89. The Morgan fingerprint density at radius 1 is 1.14 bits per heavy atom. The number of nitriles is 1. The van der Waals surface area contributed by atoms with E-state index in [-0.39, 0.29) is 5.41 Å². The number of nitrogens with one attached hydrogen (secondary N) is 3. The minimum atomic E-state index is -0.0449. The summed E-state index contributed by atoms with van der Waals surface area (Å²) in [6.07, 6.45) is 6.24. The summed E-state index contributed by atoms with van der Waals surface area (Å²) in [7, 11) is 0. The molecule has 3 N–H and O–H groups in total. The molecular formula is C26H31IN8.